The van der Waals surface area contributed by atoms with Gasteiger partial charge in [-0.3, -0.25) is 9.59 Å². The SMILES string of the molecule is N#Cc1ccc(NC(=O)C2=NNC(=O)CC2)cc1C#N. The fourth-order valence-electron chi connectivity index (χ4n) is 1.65. The molecule has 0 unspecified atom stereocenters. The Labute approximate surface area is 114 Å². The molecule has 98 valence electrons. The van der Waals surface area contributed by atoms with E-state index in [-0.39, 0.29) is 35.6 Å². The summed E-state index contributed by atoms with van der Waals surface area (Å²) in [6.07, 6.45) is 0.474. The third-order valence-corrected chi connectivity index (χ3v) is 2.68. The zero-order valence-electron chi connectivity index (χ0n) is 10.3. The summed E-state index contributed by atoms with van der Waals surface area (Å²) in [6, 6.07) is 8.17. The molecule has 0 bridgehead atoms. The molecule has 2 amide bonds. The minimum atomic E-state index is -0.446. The molecule has 2 rings (SSSR count). The number of nitriles is 2. The molecule has 7 nitrogen and oxygen atoms in total. The van der Waals surface area contributed by atoms with Crippen LogP contribution in [0.3, 0.4) is 0 Å². The standard InChI is InChI=1S/C13H9N5O2/c14-6-8-1-2-10(5-9(8)7-15)16-13(20)11-3-4-12(19)18-17-11/h1-2,5H,3-4H2,(H,16,20)(H,18,19). The van der Waals surface area contributed by atoms with Gasteiger partial charge >= 0.3 is 0 Å². The summed E-state index contributed by atoms with van der Waals surface area (Å²) in [4.78, 5) is 22.8. The maximum absolute atomic E-state index is 11.9. The van der Waals surface area contributed by atoms with Gasteiger partial charge in [0.2, 0.25) is 5.91 Å². The summed E-state index contributed by atoms with van der Waals surface area (Å²) >= 11 is 0. The van der Waals surface area contributed by atoms with Gasteiger partial charge in [0.25, 0.3) is 5.91 Å². The summed E-state index contributed by atoms with van der Waals surface area (Å²) in [5, 5.41) is 23.9. The van der Waals surface area contributed by atoms with Gasteiger partial charge in [-0.05, 0) is 18.2 Å². The van der Waals surface area contributed by atoms with E-state index in [1.807, 2.05) is 12.1 Å². The number of benzene rings is 1. The van der Waals surface area contributed by atoms with E-state index in [9.17, 15) is 9.59 Å². The molecule has 1 aromatic carbocycles. The maximum Gasteiger partial charge on any atom is 0.271 e. The van der Waals surface area contributed by atoms with Crippen LogP contribution < -0.4 is 10.7 Å². The van der Waals surface area contributed by atoms with E-state index in [1.54, 1.807) is 0 Å². The van der Waals surface area contributed by atoms with Gasteiger partial charge in [-0.25, -0.2) is 5.43 Å². The Hall–Kier alpha value is -3.19. The molecule has 0 aliphatic carbocycles. The molecule has 1 aromatic rings. The van der Waals surface area contributed by atoms with Crippen molar-refractivity contribution in [1.82, 2.24) is 5.43 Å². The van der Waals surface area contributed by atoms with E-state index in [0.717, 1.165) is 0 Å². The summed E-state index contributed by atoms with van der Waals surface area (Å²) < 4.78 is 0. The van der Waals surface area contributed by atoms with Crippen LogP contribution in [0.1, 0.15) is 24.0 Å². The van der Waals surface area contributed by atoms with Crippen molar-refractivity contribution in [1.29, 1.82) is 10.5 Å². The first kappa shape index (κ1) is 13.2. The lowest BCUT2D eigenvalue weighted by Crippen LogP contribution is -2.32. The lowest BCUT2D eigenvalue weighted by atomic mass is 10.1. The maximum atomic E-state index is 11.9. The second-order valence-corrected chi connectivity index (χ2v) is 4.03. The Morgan fingerprint density at radius 3 is 2.60 bits per heavy atom. The molecule has 0 fully saturated rings. The van der Waals surface area contributed by atoms with Crippen LogP contribution >= 0.6 is 0 Å². The van der Waals surface area contributed by atoms with E-state index >= 15 is 0 Å². The smallest absolute Gasteiger partial charge is 0.271 e. The summed E-state index contributed by atoms with van der Waals surface area (Å²) in [5.74, 6) is -0.676. The molecule has 1 heterocycles. The number of anilines is 1. The topological polar surface area (TPSA) is 118 Å². The zero-order valence-corrected chi connectivity index (χ0v) is 10.3. The van der Waals surface area contributed by atoms with E-state index in [0.29, 0.717) is 5.69 Å². The lowest BCUT2D eigenvalue weighted by Gasteiger charge is -2.12. The van der Waals surface area contributed by atoms with Crippen molar-refractivity contribution < 1.29 is 9.59 Å². The normalized spacial score (nSPS) is 13.5. The van der Waals surface area contributed by atoms with E-state index in [1.165, 1.54) is 18.2 Å². The second-order valence-electron chi connectivity index (χ2n) is 4.03. The molecule has 0 radical (unpaired) electrons. The van der Waals surface area contributed by atoms with Crippen LogP contribution in [-0.2, 0) is 9.59 Å². The number of carbonyl (C=O) groups is 2. The number of hydrogen-bond acceptors (Lipinski definition) is 5. The minimum absolute atomic E-state index is 0.184. The van der Waals surface area contributed by atoms with Crippen molar-refractivity contribution in [3.63, 3.8) is 0 Å². The highest BCUT2D eigenvalue weighted by Gasteiger charge is 2.18. The van der Waals surface area contributed by atoms with Crippen LogP contribution in [0.5, 0.6) is 0 Å². The summed E-state index contributed by atoms with van der Waals surface area (Å²) in [6.45, 7) is 0. The Kier molecular flexibility index (Phi) is 3.73. The average molecular weight is 267 g/mol. The highest BCUT2D eigenvalue weighted by molar-refractivity contribution is 6.43. The molecule has 0 atom stereocenters. The van der Waals surface area contributed by atoms with Crippen molar-refractivity contribution in [3.05, 3.63) is 29.3 Å². The van der Waals surface area contributed by atoms with Crippen molar-refractivity contribution in [2.24, 2.45) is 5.10 Å². The number of hydrazone groups is 1. The number of nitrogens with zero attached hydrogens (tertiary/aromatic N) is 3. The fraction of sp³-hybridized carbons (Fsp3) is 0.154. The van der Waals surface area contributed by atoms with Crippen LogP contribution in [0.15, 0.2) is 23.3 Å². The van der Waals surface area contributed by atoms with Gasteiger partial charge in [-0.1, -0.05) is 0 Å². The molecule has 1 aliphatic heterocycles. The molecule has 0 spiro atoms. The fourth-order valence-corrected chi connectivity index (χ4v) is 1.65. The highest BCUT2D eigenvalue weighted by atomic mass is 16.2. The number of nitrogens with one attached hydrogen (secondary N) is 2. The third kappa shape index (κ3) is 2.79. The van der Waals surface area contributed by atoms with Gasteiger partial charge in [-0.15, -0.1) is 0 Å². The quantitative estimate of drug-likeness (QED) is 0.816. The van der Waals surface area contributed by atoms with E-state index in [2.05, 4.69) is 15.8 Å². The van der Waals surface area contributed by atoms with Crippen molar-refractivity contribution in [2.75, 3.05) is 5.32 Å². The molecular weight excluding hydrogens is 258 g/mol. The molecule has 0 aromatic heterocycles. The largest absolute Gasteiger partial charge is 0.321 e. The first-order valence-electron chi connectivity index (χ1n) is 5.75. The van der Waals surface area contributed by atoms with Crippen LogP contribution in [0.4, 0.5) is 5.69 Å². The van der Waals surface area contributed by atoms with Gasteiger partial charge in [0, 0.05) is 18.5 Å². The Bertz CT molecular complexity index is 694. The van der Waals surface area contributed by atoms with Crippen molar-refractivity contribution in [2.45, 2.75) is 12.8 Å². The zero-order chi connectivity index (χ0) is 14.5. The van der Waals surface area contributed by atoms with Gasteiger partial charge in [-0.2, -0.15) is 15.6 Å². The average Bonchev–Trinajstić information content (AvgIpc) is 2.47. The summed E-state index contributed by atoms with van der Waals surface area (Å²) in [7, 11) is 0. The monoisotopic (exact) mass is 267 g/mol. The molecular formula is C13H9N5O2. The Morgan fingerprint density at radius 1 is 1.25 bits per heavy atom. The molecule has 20 heavy (non-hydrogen) atoms. The van der Waals surface area contributed by atoms with Crippen LogP contribution in [-0.4, -0.2) is 17.5 Å². The number of amides is 2. The van der Waals surface area contributed by atoms with E-state index < -0.39 is 5.91 Å². The Balaban J connectivity index is 2.15. The van der Waals surface area contributed by atoms with Gasteiger partial charge in [0.1, 0.15) is 17.9 Å². The van der Waals surface area contributed by atoms with Gasteiger partial charge < -0.3 is 5.32 Å². The predicted molar refractivity (Wildman–Crippen MR) is 69.3 cm³/mol. The number of carbonyl (C=O) groups excluding carboxylic acids is 2. The van der Waals surface area contributed by atoms with Crippen LogP contribution in [0, 0.1) is 22.7 Å². The lowest BCUT2D eigenvalue weighted by molar-refractivity contribution is -0.121. The third-order valence-electron chi connectivity index (χ3n) is 2.68. The van der Waals surface area contributed by atoms with Gasteiger partial charge in [0.05, 0.1) is 11.1 Å². The molecule has 0 saturated carbocycles. The second kappa shape index (κ2) is 5.63. The Morgan fingerprint density at radius 2 is 2.00 bits per heavy atom. The first-order valence-corrected chi connectivity index (χ1v) is 5.75. The number of rotatable bonds is 2. The van der Waals surface area contributed by atoms with Crippen LogP contribution in [0.2, 0.25) is 0 Å². The predicted octanol–water partition coefficient (Wildman–Crippen LogP) is 0.634. The van der Waals surface area contributed by atoms with Gasteiger partial charge in [0.15, 0.2) is 0 Å². The van der Waals surface area contributed by atoms with E-state index in [4.69, 9.17) is 10.5 Å². The van der Waals surface area contributed by atoms with Crippen molar-refractivity contribution in [3.8, 4) is 12.1 Å². The molecule has 2 N–H and O–H groups in total. The number of hydrogen-bond donors (Lipinski definition) is 2. The highest BCUT2D eigenvalue weighted by Crippen LogP contribution is 2.15. The molecule has 7 heteroatoms. The van der Waals surface area contributed by atoms with Crippen molar-refractivity contribution >= 4 is 23.2 Å². The molecule has 0 saturated heterocycles. The molecule has 1 aliphatic rings. The van der Waals surface area contributed by atoms with Crippen LogP contribution in [0.25, 0.3) is 0 Å². The summed E-state index contributed by atoms with van der Waals surface area (Å²) in [5.41, 5.74) is 3.27. The first-order chi connectivity index (χ1) is 9.63. The minimum Gasteiger partial charge on any atom is -0.321 e.